The minimum absolute atomic E-state index is 0.150. The van der Waals surface area contributed by atoms with Gasteiger partial charge in [-0.15, -0.1) is 0 Å². The minimum atomic E-state index is -0.150. The van der Waals surface area contributed by atoms with E-state index in [2.05, 4.69) is 127 Å². The van der Waals surface area contributed by atoms with Gasteiger partial charge in [-0.3, -0.25) is 0 Å². The van der Waals surface area contributed by atoms with E-state index < -0.39 is 0 Å². The fourth-order valence-electron chi connectivity index (χ4n) is 7.61. The Morgan fingerprint density at radius 2 is 0.933 bits per heavy atom. The zero-order chi connectivity index (χ0) is 31.4. The molecule has 2 unspecified atom stereocenters. The summed E-state index contributed by atoms with van der Waals surface area (Å²) in [5.41, 5.74) is 4.08. The van der Waals surface area contributed by atoms with Crippen LogP contribution in [0.25, 0.3) is 0 Å². The highest BCUT2D eigenvalue weighted by molar-refractivity contribution is 5.31. The van der Waals surface area contributed by atoms with E-state index in [0.29, 0.717) is 5.92 Å². The van der Waals surface area contributed by atoms with Crippen molar-refractivity contribution in [2.24, 2.45) is 0 Å². The molecule has 0 saturated heterocycles. The highest BCUT2D eigenvalue weighted by Gasteiger charge is 2.49. The highest BCUT2D eigenvalue weighted by Crippen LogP contribution is 2.45. The molecule has 0 N–H and O–H groups in total. The number of benzene rings is 3. The first-order valence-corrected chi connectivity index (χ1v) is 18.6. The summed E-state index contributed by atoms with van der Waals surface area (Å²) in [5.74, 6) is 0.383. The van der Waals surface area contributed by atoms with Gasteiger partial charge in [-0.2, -0.15) is 0 Å². The predicted molar refractivity (Wildman–Crippen MR) is 195 cm³/mol. The van der Waals surface area contributed by atoms with E-state index in [1.807, 2.05) is 0 Å². The molecule has 3 aromatic carbocycles. The van der Waals surface area contributed by atoms with E-state index >= 15 is 0 Å². The number of rotatable bonds is 23. The molecule has 0 fully saturated rings. The molecular formula is C43H62N2. The van der Waals surface area contributed by atoms with Gasteiger partial charge in [-0.25, -0.2) is 0 Å². The molecule has 0 amide bonds. The number of hydrogen-bond acceptors (Lipinski definition) is 2. The maximum absolute atomic E-state index is 2.73. The Hall–Kier alpha value is -3.00. The van der Waals surface area contributed by atoms with Crippen LogP contribution in [0, 0.1) is 0 Å². The molecule has 0 aliphatic carbocycles. The van der Waals surface area contributed by atoms with Gasteiger partial charge in [0.2, 0.25) is 0 Å². The molecule has 4 rings (SSSR count). The monoisotopic (exact) mass is 606 g/mol. The molecule has 2 heteroatoms. The number of nitrogens with zero attached hydrogens (tertiary/aromatic N) is 2. The summed E-state index contributed by atoms with van der Waals surface area (Å²) < 4.78 is 0. The van der Waals surface area contributed by atoms with Crippen LogP contribution in [-0.4, -0.2) is 22.0 Å². The van der Waals surface area contributed by atoms with Gasteiger partial charge in [0.1, 0.15) is 5.66 Å². The molecule has 0 aromatic heterocycles. The van der Waals surface area contributed by atoms with Crippen LogP contribution in [0.2, 0.25) is 0 Å². The minimum Gasteiger partial charge on any atom is -0.353 e. The lowest BCUT2D eigenvalue weighted by atomic mass is 9.78. The van der Waals surface area contributed by atoms with Crippen molar-refractivity contribution >= 4 is 0 Å². The van der Waals surface area contributed by atoms with Gasteiger partial charge in [0.05, 0.1) is 0 Å². The van der Waals surface area contributed by atoms with Crippen LogP contribution in [0.15, 0.2) is 103 Å². The molecule has 1 aliphatic heterocycles. The maximum atomic E-state index is 2.73. The lowest BCUT2D eigenvalue weighted by molar-refractivity contribution is -0.00767. The van der Waals surface area contributed by atoms with Crippen LogP contribution in [0.5, 0.6) is 0 Å². The Kier molecular flexibility index (Phi) is 15.6. The first-order valence-electron chi connectivity index (χ1n) is 18.6. The Morgan fingerprint density at radius 1 is 0.489 bits per heavy atom. The average molecular weight is 607 g/mol. The summed E-state index contributed by atoms with van der Waals surface area (Å²) in [6.45, 7) is 6.71. The van der Waals surface area contributed by atoms with E-state index in [1.165, 1.54) is 113 Å². The van der Waals surface area contributed by atoms with E-state index in [-0.39, 0.29) is 5.66 Å². The Morgan fingerprint density at radius 3 is 1.44 bits per heavy atom. The maximum Gasteiger partial charge on any atom is 0.123 e. The molecule has 2 nitrogen and oxygen atoms in total. The topological polar surface area (TPSA) is 6.48 Å². The Labute approximate surface area is 276 Å². The molecule has 244 valence electrons. The van der Waals surface area contributed by atoms with Crippen LogP contribution in [0.1, 0.15) is 139 Å². The molecule has 3 aromatic rings. The molecule has 0 saturated carbocycles. The second-order valence-corrected chi connectivity index (χ2v) is 13.5. The van der Waals surface area contributed by atoms with E-state index in [9.17, 15) is 0 Å². The third kappa shape index (κ3) is 10.8. The zero-order valence-corrected chi connectivity index (χ0v) is 28.7. The van der Waals surface area contributed by atoms with Crippen LogP contribution < -0.4 is 0 Å². The van der Waals surface area contributed by atoms with Crippen molar-refractivity contribution in [3.8, 4) is 0 Å². The summed E-state index contributed by atoms with van der Waals surface area (Å²) in [6.07, 6.45) is 28.0. The first kappa shape index (κ1) is 34.9. The third-order valence-electron chi connectivity index (χ3n) is 10.1. The van der Waals surface area contributed by atoms with Gasteiger partial charge in [0.15, 0.2) is 0 Å². The molecule has 0 bridgehead atoms. The zero-order valence-electron chi connectivity index (χ0n) is 28.7. The normalized spacial score (nSPS) is 16.8. The highest BCUT2D eigenvalue weighted by atomic mass is 15.4. The van der Waals surface area contributed by atoms with E-state index in [1.54, 1.807) is 0 Å². The predicted octanol–water partition coefficient (Wildman–Crippen LogP) is 12.3. The van der Waals surface area contributed by atoms with Gasteiger partial charge >= 0.3 is 0 Å². The van der Waals surface area contributed by atoms with Crippen molar-refractivity contribution in [2.45, 2.75) is 141 Å². The van der Waals surface area contributed by atoms with E-state index in [0.717, 1.165) is 25.9 Å². The van der Waals surface area contributed by atoms with Crippen LogP contribution in [-0.2, 0) is 13.0 Å². The van der Waals surface area contributed by atoms with Crippen molar-refractivity contribution in [3.05, 3.63) is 120 Å². The van der Waals surface area contributed by atoms with Crippen LogP contribution >= 0.6 is 0 Å². The van der Waals surface area contributed by atoms with Crippen molar-refractivity contribution in [1.29, 1.82) is 0 Å². The van der Waals surface area contributed by atoms with Crippen LogP contribution in [0.3, 0.4) is 0 Å². The number of unbranched alkanes of at least 4 members (excludes halogenated alkanes) is 14. The summed E-state index contributed by atoms with van der Waals surface area (Å²) >= 11 is 0. The molecule has 45 heavy (non-hydrogen) atoms. The second kappa shape index (κ2) is 20.2. The molecular weight excluding hydrogens is 544 g/mol. The molecule has 1 heterocycles. The first-order chi connectivity index (χ1) is 22.3. The lowest BCUT2D eigenvalue weighted by Gasteiger charge is -2.51. The van der Waals surface area contributed by atoms with Crippen molar-refractivity contribution in [3.63, 3.8) is 0 Å². The average Bonchev–Trinajstić information content (AvgIpc) is 3.40. The summed E-state index contributed by atoms with van der Waals surface area (Å²) in [4.78, 5) is 5.40. The van der Waals surface area contributed by atoms with Crippen LogP contribution in [0.4, 0.5) is 0 Å². The fraction of sp³-hybridized carbons (Fsp3) is 0.535. The van der Waals surface area contributed by atoms with Crippen molar-refractivity contribution in [1.82, 2.24) is 9.80 Å². The lowest BCUT2D eigenvalue weighted by Crippen LogP contribution is -2.59. The van der Waals surface area contributed by atoms with Crippen molar-refractivity contribution < 1.29 is 0 Å². The molecule has 0 spiro atoms. The standard InChI is InChI=1S/C43H62N2/c1-3-5-6-7-8-9-10-11-12-13-14-15-16-17-27-34-44-35-36-45(38-40-30-23-19-24-31-40)43(44,37-39-28-21-18-22-29-39)42(4-2)41-32-25-20-26-33-41/h18-26,28-33,35-36,42H,3-17,27,34,37-38H2,1-2H3. The summed E-state index contributed by atoms with van der Waals surface area (Å²) in [6, 6.07) is 33.5. The quantitative estimate of drug-likeness (QED) is 0.0991. The van der Waals surface area contributed by atoms with E-state index in [4.69, 9.17) is 0 Å². The van der Waals surface area contributed by atoms with Gasteiger partial charge in [0, 0.05) is 37.8 Å². The van der Waals surface area contributed by atoms with Gasteiger partial charge in [-0.05, 0) is 29.5 Å². The molecule has 2 atom stereocenters. The van der Waals surface area contributed by atoms with Gasteiger partial charge < -0.3 is 9.80 Å². The Bertz CT molecular complexity index is 1170. The van der Waals surface area contributed by atoms with Crippen molar-refractivity contribution in [2.75, 3.05) is 6.54 Å². The second-order valence-electron chi connectivity index (χ2n) is 13.5. The molecule has 1 aliphatic rings. The summed E-state index contributed by atoms with van der Waals surface area (Å²) in [7, 11) is 0. The van der Waals surface area contributed by atoms with Gasteiger partial charge in [0.25, 0.3) is 0 Å². The smallest absolute Gasteiger partial charge is 0.123 e. The SMILES string of the molecule is CCCCCCCCCCCCCCCCCN1C=CN(Cc2ccccc2)C1(Cc1ccccc1)C(CC)c1ccccc1. The Balaban J connectivity index is 1.35. The number of hydrogen-bond donors (Lipinski definition) is 0. The van der Waals surface area contributed by atoms with Gasteiger partial charge in [-0.1, -0.05) is 195 Å². The fourth-order valence-corrected chi connectivity index (χ4v) is 7.61. The molecule has 0 radical (unpaired) electrons. The largest absolute Gasteiger partial charge is 0.353 e. The third-order valence-corrected chi connectivity index (χ3v) is 10.1. The summed E-state index contributed by atoms with van der Waals surface area (Å²) in [5, 5.41) is 0.